The quantitative estimate of drug-likeness (QED) is 0.406. The molecule has 0 aliphatic heterocycles. The third kappa shape index (κ3) is 2.97. The summed E-state index contributed by atoms with van der Waals surface area (Å²) in [7, 11) is 0. The van der Waals surface area contributed by atoms with Gasteiger partial charge < -0.3 is 0 Å². The van der Waals surface area contributed by atoms with Crippen LogP contribution in [0.15, 0.2) is 18.3 Å². The summed E-state index contributed by atoms with van der Waals surface area (Å²) in [6.07, 6.45) is -2.99. The molecule has 1 unspecified atom stereocenters. The van der Waals surface area contributed by atoms with Gasteiger partial charge in [-0.05, 0) is 17.5 Å². The van der Waals surface area contributed by atoms with E-state index < -0.39 is 15.0 Å². The average Bonchev–Trinajstić information content (AvgIpc) is 2.79. The highest BCUT2D eigenvalue weighted by atomic mass is 79.9. The highest BCUT2D eigenvalue weighted by molar-refractivity contribution is 9.25. The number of alkyl halides is 5. The largest absolute Gasteiger partial charge is 0.416 e. The summed E-state index contributed by atoms with van der Waals surface area (Å²) in [6, 6.07) is 3.59. The standard InChI is InChI=1S/C16H10Br2Cl2F3N3/c1-14(2)13(15(14,17)18)8-6-26(25-11(8)5-24)12-9(19)3-7(4-10(12)20)16(21,22)23/h3-4,6,13H,1-2H3. The first kappa shape index (κ1) is 20.0. The van der Waals surface area contributed by atoms with Crippen molar-refractivity contribution in [2.75, 3.05) is 0 Å². The molecule has 138 valence electrons. The average molecular weight is 532 g/mol. The fourth-order valence-electron chi connectivity index (χ4n) is 2.99. The number of aromatic nitrogens is 2. The molecule has 10 heteroatoms. The van der Waals surface area contributed by atoms with E-state index in [1.54, 1.807) is 6.20 Å². The number of halogens is 7. The van der Waals surface area contributed by atoms with E-state index in [4.69, 9.17) is 23.2 Å². The second-order valence-electron chi connectivity index (χ2n) is 6.55. The maximum atomic E-state index is 12.9. The number of nitrogens with zero attached hydrogens (tertiary/aromatic N) is 3. The van der Waals surface area contributed by atoms with Gasteiger partial charge in [-0.15, -0.1) is 0 Å². The number of nitriles is 1. The summed E-state index contributed by atoms with van der Waals surface area (Å²) in [5.74, 6) is -0.0644. The lowest BCUT2D eigenvalue weighted by molar-refractivity contribution is -0.137. The Kier molecular flexibility index (Phi) is 4.71. The van der Waals surface area contributed by atoms with Crippen molar-refractivity contribution in [1.29, 1.82) is 5.26 Å². The van der Waals surface area contributed by atoms with Crippen LogP contribution in [-0.2, 0) is 6.18 Å². The van der Waals surface area contributed by atoms with Gasteiger partial charge in [0, 0.05) is 17.7 Å². The zero-order chi connectivity index (χ0) is 19.7. The van der Waals surface area contributed by atoms with Crippen LogP contribution in [0.5, 0.6) is 0 Å². The van der Waals surface area contributed by atoms with Crippen LogP contribution in [0.25, 0.3) is 5.69 Å². The Balaban J connectivity index is 2.12. The molecule has 1 heterocycles. The number of benzene rings is 1. The van der Waals surface area contributed by atoms with Crippen LogP contribution < -0.4 is 0 Å². The molecule has 1 fully saturated rings. The van der Waals surface area contributed by atoms with Gasteiger partial charge >= 0.3 is 6.18 Å². The van der Waals surface area contributed by atoms with Crippen molar-refractivity contribution in [3.05, 3.63) is 45.2 Å². The smallest absolute Gasteiger partial charge is 0.236 e. The molecule has 26 heavy (non-hydrogen) atoms. The lowest BCUT2D eigenvalue weighted by atomic mass is 10.0. The first-order valence-electron chi connectivity index (χ1n) is 7.26. The van der Waals surface area contributed by atoms with Crippen LogP contribution in [-0.4, -0.2) is 13.0 Å². The van der Waals surface area contributed by atoms with E-state index in [1.165, 1.54) is 4.68 Å². The zero-order valence-corrected chi connectivity index (χ0v) is 18.0. The molecule has 1 aliphatic carbocycles. The van der Waals surface area contributed by atoms with Crippen LogP contribution in [0.4, 0.5) is 13.2 Å². The maximum absolute atomic E-state index is 12.9. The van der Waals surface area contributed by atoms with Gasteiger partial charge in [0.2, 0.25) is 0 Å². The topological polar surface area (TPSA) is 41.6 Å². The Morgan fingerprint density at radius 1 is 1.23 bits per heavy atom. The molecule has 0 saturated heterocycles. The molecule has 1 aromatic carbocycles. The number of hydrogen-bond acceptors (Lipinski definition) is 2. The lowest BCUT2D eigenvalue weighted by Crippen LogP contribution is -2.07. The summed E-state index contributed by atoms with van der Waals surface area (Å²) in [5, 5.41) is 13.2. The third-order valence-electron chi connectivity index (χ3n) is 4.59. The molecule has 3 rings (SSSR count). The van der Waals surface area contributed by atoms with Crippen LogP contribution >= 0.6 is 55.1 Å². The van der Waals surface area contributed by atoms with Gasteiger partial charge in [0.15, 0.2) is 5.69 Å². The highest BCUT2D eigenvalue weighted by Crippen LogP contribution is 2.76. The van der Waals surface area contributed by atoms with Gasteiger partial charge in [-0.25, -0.2) is 4.68 Å². The molecule has 1 saturated carbocycles. The first-order chi connectivity index (χ1) is 11.8. The van der Waals surface area contributed by atoms with Crippen LogP contribution in [0.3, 0.4) is 0 Å². The molecule has 0 N–H and O–H groups in total. The van der Waals surface area contributed by atoms with Crippen molar-refractivity contribution >= 4 is 55.1 Å². The third-order valence-corrected chi connectivity index (χ3v) is 8.13. The monoisotopic (exact) mass is 529 g/mol. The minimum atomic E-state index is -4.57. The second-order valence-corrected chi connectivity index (χ2v) is 10.9. The summed E-state index contributed by atoms with van der Waals surface area (Å²) in [4.78, 5) is 0. The van der Waals surface area contributed by atoms with Crippen LogP contribution in [0.1, 0.15) is 36.6 Å². The highest BCUT2D eigenvalue weighted by Gasteiger charge is 2.70. The molecule has 0 amide bonds. The Bertz CT molecular complexity index is 908. The van der Waals surface area contributed by atoms with Crippen molar-refractivity contribution in [2.24, 2.45) is 5.41 Å². The van der Waals surface area contributed by atoms with Crippen LogP contribution in [0.2, 0.25) is 10.0 Å². The molecular weight excluding hydrogens is 522 g/mol. The molecular formula is C16H10Br2Cl2F3N3. The maximum Gasteiger partial charge on any atom is 0.416 e. The summed E-state index contributed by atoms with van der Waals surface area (Å²) in [5.41, 5.74) is -0.237. The van der Waals surface area contributed by atoms with Crippen molar-refractivity contribution < 1.29 is 13.2 Å². The summed E-state index contributed by atoms with van der Waals surface area (Å²) >= 11 is 19.3. The zero-order valence-electron chi connectivity index (χ0n) is 13.3. The molecule has 0 radical (unpaired) electrons. The van der Waals surface area contributed by atoms with E-state index in [0.717, 1.165) is 12.1 Å². The van der Waals surface area contributed by atoms with E-state index in [-0.39, 0.29) is 32.8 Å². The number of hydrogen-bond donors (Lipinski definition) is 0. The van der Waals surface area contributed by atoms with Gasteiger partial charge in [0.1, 0.15) is 11.8 Å². The predicted octanol–water partition coefficient (Wildman–Crippen LogP) is 6.68. The van der Waals surface area contributed by atoms with E-state index >= 15 is 0 Å². The molecule has 1 aromatic heterocycles. The van der Waals surface area contributed by atoms with Gasteiger partial charge in [-0.2, -0.15) is 23.5 Å². The minimum absolute atomic E-state index is 0.0644. The fraction of sp³-hybridized carbons (Fsp3) is 0.375. The van der Waals surface area contributed by atoms with Crippen LogP contribution in [0, 0.1) is 16.7 Å². The van der Waals surface area contributed by atoms with E-state index in [9.17, 15) is 18.4 Å². The number of rotatable bonds is 2. The van der Waals surface area contributed by atoms with E-state index in [0.29, 0.717) is 5.56 Å². The Morgan fingerprint density at radius 3 is 2.12 bits per heavy atom. The van der Waals surface area contributed by atoms with Gasteiger partial charge in [0.05, 0.1) is 18.8 Å². The molecule has 0 spiro atoms. The fourth-order valence-corrected chi connectivity index (χ4v) is 5.52. The van der Waals surface area contributed by atoms with Crippen molar-refractivity contribution in [3.8, 4) is 11.8 Å². The Labute approximate surface area is 174 Å². The van der Waals surface area contributed by atoms with Gasteiger partial charge in [-0.3, -0.25) is 0 Å². The van der Waals surface area contributed by atoms with E-state index in [1.807, 2.05) is 19.9 Å². The van der Waals surface area contributed by atoms with E-state index in [2.05, 4.69) is 37.0 Å². The van der Waals surface area contributed by atoms with Crippen molar-refractivity contribution in [2.45, 2.75) is 29.2 Å². The molecule has 0 bridgehead atoms. The predicted molar refractivity (Wildman–Crippen MR) is 100 cm³/mol. The summed E-state index contributed by atoms with van der Waals surface area (Å²) < 4.78 is 39.5. The molecule has 1 atom stereocenters. The molecule has 2 aromatic rings. The normalized spacial score (nSPS) is 20.7. The molecule has 3 nitrogen and oxygen atoms in total. The minimum Gasteiger partial charge on any atom is -0.236 e. The van der Waals surface area contributed by atoms with Crippen molar-refractivity contribution in [3.63, 3.8) is 0 Å². The molecule has 1 aliphatic rings. The lowest BCUT2D eigenvalue weighted by Gasteiger charge is -2.12. The Morgan fingerprint density at radius 2 is 1.73 bits per heavy atom. The summed E-state index contributed by atoms with van der Waals surface area (Å²) in [6.45, 7) is 4.02. The second kappa shape index (κ2) is 6.13. The van der Waals surface area contributed by atoms with Crippen molar-refractivity contribution in [1.82, 2.24) is 9.78 Å². The Hall–Kier alpha value is -0.750. The van der Waals surface area contributed by atoms with Gasteiger partial charge in [-0.1, -0.05) is 68.9 Å². The SMILES string of the molecule is CC1(C)C(c2cn(-c3c(Cl)cc(C(F)(F)F)cc3Cl)nc2C#N)C1(Br)Br. The first-order valence-corrected chi connectivity index (χ1v) is 9.60. The van der Waals surface area contributed by atoms with Gasteiger partial charge in [0.25, 0.3) is 0 Å².